The molecule has 2 N–H and O–H groups in total. The van der Waals surface area contributed by atoms with Crippen LogP contribution in [0.15, 0.2) is 48.7 Å². The zero-order valence-electron chi connectivity index (χ0n) is 14.6. The lowest BCUT2D eigenvalue weighted by Gasteiger charge is -2.10. The highest BCUT2D eigenvalue weighted by molar-refractivity contribution is 6.33. The van der Waals surface area contributed by atoms with Crippen LogP contribution in [0.4, 0.5) is 23.1 Å². The van der Waals surface area contributed by atoms with Gasteiger partial charge in [0, 0.05) is 5.69 Å². The Morgan fingerprint density at radius 2 is 1.85 bits per heavy atom. The van der Waals surface area contributed by atoms with Crippen LogP contribution in [0.25, 0.3) is 0 Å². The molecule has 27 heavy (non-hydrogen) atoms. The summed E-state index contributed by atoms with van der Waals surface area (Å²) in [5, 5.41) is 14.3. The van der Waals surface area contributed by atoms with Crippen molar-refractivity contribution >= 4 is 40.7 Å². The number of halogens is 1. The molecule has 0 aliphatic rings. The first-order valence-electron chi connectivity index (χ1n) is 7.84. The summed E-state index contributed by atoms with van der Waals surface area (Å²) < 4.78 is 9.84. The highest BCUT2D eigenvalue weighted by Crippen LogP contribution is 2.26. The van der Waals surface area contributed by atoms with Crippen LogP contribution in [0.5, 0.6) is 5.75 Å². The molecular weight excluding hydrogens is 370 g/mol. The number of hydrogen-bond donors (Lipinski definition) is 2. The van der Waals surface area contributed by atoms with Crippen molar-refractivity contribution in [3.8, 4) is 5.75 Å². The molecule has 0 saturated heterocycles. The average Bonchev–Trinajstić information content (AvgIpc) is 2.70. The number of hydrogen-bond acceptors (Lipinski definition) is 8. The minimum atomic E-state index is -0.469. The SMILES string of the molecule is COC(=O)c1ccc(Cl)c(Nc2nncc(Nc3ccc(OC)cc3)n2)c1. The smallest absolute Gasteiger partial charge is 0.337 e. The first kappa shape index (κ1) is 18.4. The summed E-state index contributed by atoms with van der Waals surface area (Å²) in [6, 6.07) is 12.1. The molecule has 8 nitrogen and oxygen atoms in total. The Balaban J connectivity index is 1.78. The van der Waals surface area contributed by atoms with Crippen LogP contribution in [0.1, 0.15) is 10.4 Å². The van der Waals surface area contributed by atoms with Crippen molar-refractivity contribution in [2.45, 2.75) is 0 Å². The van der Waals surface area contributed by atoms with E-state index in [1.807, 2.05) is 24.3 Å². The lowest BCUT2D eigenvalue weighted by Crippen LogP contribution is -2.05. The largest absolute Gasteiger partial charge is 0.497 e. The van der Waals surface area contributed by atoms with Crippen LogP contribution in [0.2, 0.25) is 5.02 Å². The van der Waals surface area contributed by atoms with E-state index in [1.54, 1.807) is 25.3 Å². The van der Waals surface area contributed by atoms with Crippen LogP contribution in [-0.2, 0) is 4.74 Å². The summed E-state index contributed by atoms with van der Waals surface area (Å²) in [6.07, 6.45) is 1.49. The summed E-state index contributed by atoms with van der Waals surface area (Å²) in [5.41, 5.74) is 1.63. The summed E-state index contributed by atoms with van der Waals surface area (Å²) >= 11 is 6.17. The number of benzene rings is 2. The molecule has 0 aliphatic carbocycles. The number of anilines is 4. The van der Waals surface area contributed by atoms with E-state index >= 15 is 0 Å². The number of ether oxygens (including phenoxy) is 2. The standard InChI is InChI=1S/C18H16ClN5O3/c1-26-13-6-4-12(5-7-13)21-16-10-20-24-18(23-16)22-15-9-11(17(25)27-2)3-8-14(15)19/h3-10H,1-2H3,(H2,21,22,23,24). The Morgan fingerprint density at radius 3 is 2.56 bits per heavy atom. The van der Waals surface area contributed by atoms with Gasteiger partial charge in [-0.15, -0.1) is 5.10 Å². The van der Waals surface area contributed by atoms with Gasteiger partial charge in [0.2, 0.25) is 5.95 Å². The number of rotatable bonds is 6. The summed E-state index contributed by atoms with van der Waals surface area (Å²) in [6.45, 7) is 0. The maximum Gasteiger partial charge on any atom is 0.337 e. The number of esters is 1. The zero-order chi connectivity index (χ0) is 19.2. The highest BCUT2D eigenvalue weighted by Gasteiger charge is 2.11. The van der Waals surface area contributed by atoms with E-state index in [4.69, 9.17) is 21.1 Å². The van der Waals surface area contributed by atoms with Gasteiger partial charge in [-0.05, 0) is 42.5 Å². The van der Waals surface area contributed by atoms with Gasteiger partial charge in [0.25, 0.3) is 0 Å². The number of nitrogens with zero attached hydrogens (tertiary/aromatic N) is 3. The summed E-state index contributed by atoms with van der Waals surface area (Å²) in [7, 11) is 2.92. The first-order valence-corrected chi connectivity index (χ1v) is 8.22. The molecule has 9 heteroatoms. The van der Waals surface area contributed by atoms with Crippen molar-refractivity contribution in [1.82, 2.24) is 15.2 Å². The molecule has 0 saturated carbocycles. The lowest BCUT2D eigenvalue weighted by atomic mass is 10.2. The van der Waals surface area contributed by atoms with E-state index in [-0.39, 0.29) is 5.95 Å². The Labute approximate surface area is 160 Å². The van der Waals surface area contributed by atoms with E-state index < -0.39 is 5.97 Å². The van der Waals surface area contributed by atoms with E-state index in [0.29, 0.717) is 22.1 Å². The van der Waals surface area contributed by atoms with E-state index in [9.17, 15) is 4.79 Å². The fraction of sp³-hybridized carbons (Fsp3) is 0.111. The van der Waals surface area contributed by atoms with Crippen LogP contribution < -0.4 is 15.4 Å². The van der Waals surface area contributed by atoms with Crippen LogP contribution in [-0.4, -0.2) is 35.4 Å². The fourth-order valence-electron chi connectivity index (χ4n) is 2.23. The molecule has 0 aliphatic heterocycles. The van der Waals surface area contributed by atoms with E-state index in [2.05, 4.69) is 25.8 Å². The number of nitrogens with one attached hydrogen (secondary N) is 2. The molecule has 0 unspecified atom stereocenters. The molecule has 0 atom stereocenters. The molecule has 0 radical (unpaired) electrons. The lowest BCUT2D eigenvalue weighted by molar-refractivity contribution is 0.0601. The molecule has 3 rings (SSSR count). The average molecular weight is 386 g/mol. The topological polar surface area (TPSA) is 98.3 Å². The minimum absolute atomic E-state index is 0.220. The second kappa shape index (κ2) is 8.33. The number of aromatic nitrogens is 3. The molecule has 0 bridgehead atoms. The Hall–Kier alpha value is -3.39. The van der Waals surface area contributed by atoms with Gasteiger partial charge in [0.05, 0.1) is 36.7 Å². The van der Waals surface area contributed by atoms with E-state index in [0.717, 1.165) is 11.4 Å². The van der Waals surface area contributed by atoms with Gasteiger partial charge >= 0.3 is 5.97 Å². The van der Waals surface area contributed by atoms with Gasteiger partial charge in [0.15, 0.2) is 5.82 Å². The Bertz CT molecular complexity index is 950. The Kier molecular flexibility index (Phi) is 5.68. The van der Waals surface area contributed by atoms with Crippen molar-refractivity contribution in [2.75, 3.05) is 24.9 Å². The third-order valence-corrected chi connectivity index (χ3v) is 3.88. The van der Waals surface area contributed by atoms with E-state index in [1.165, 1.54) is 13.3 Å². The predicted octanol–water partition coefficient (Wildman–Crippen LogP) is 3.81. The minimum Gasteiger partial charge on any atom is -0.497 e. The Morgan fingerprint density at radius 1 is 1.07 bits per heavy atom. The van der Waals surface area contributed by atoms with Crippen molar-refractivity contribution < 1.29 is 14.3 Å². The van der Waals surface area contributed by atoms with Gasteiger partial charge in [-0.25, -0.2) is 4.79 Å². The van der Waals surface area contributed by atoms with Crippen LogP contribution >= 0.6 is 11.6 Å². The molecule has 0 fully saturated rings. The second-order valence-electron chi connectivity index (χ2n) is 5.33. The monoisotopic (exact) mass is 385 g/mol. The first-order chi connectivity index (χ1) is 13.1. The molecule has 138 valence electrons. The molecule has 3 aromatic rings. The molecule has 2 aromatic carbocycles. The van der Waals surface area contributed by atoms with Crippen LogP contribution in [0, 0.1) is 0 Å². The van der Waals surface area contributed by atoms with Crippen molar-refractivity contribution in [1.29, 1.82) is 0 Å². The number of carbonyl (C=O) groups excluding carboxylic acids is 1. The predicted molar refractivity (Wildman–Crippen MR) is 102 cm³/mol. The van der Waals surface area contributed by atoms with Crippen molar-refractivity contribution in [3.05, 3.63) is 59.2 Å². The normalized spacial score (nSPS) is 10.2. The number of methoxy groups -OCH3 is 2. The van der Waals surface area contributed by atoms with Gasteiger partial charge < -0.3 is 20.1 Å². The number of carbonyl (C=O) groups is 1. The molecule has 1 heterocycles. The maximum absolute atomic E-state index is 11.7. The third kappa shape index (κ3) is 4.62. The zero-order valence-corrected chi connectivity index (χ0v) is 15.3. The molecule has 0 spiro atoms. The quantitative estimate of drug-likeness (QED) is 0.618. The van der Waals surface area contributed by atoms with Crippen molar-refractivity contribution in [3.63, 3.8) is 0 Å². The molecule has 1 aromatic heterocycles. The maximum atomic E-state index is 11.7. The fourth-order valence-corrected chi connectivity index (χ4v) is 2.39. The van der Waals surface area contributed by atoms with Gasteiger partial charge in [0.1, 0.15) is 5.75 Å². The van der Waals surface area contributed by atoms with Crippen LogP contribution in [0.3, 0.4) is 0 Å². The molecule has 0 amide bonds. The van der Waals surface area contributed by atoms with Crippen molar-refractivity contribution in [2.24, 2.45) is 0 Å². The summed E-state index contributed by atoms with van der Waals surface area (Å²) in [5.74, 6) is 0.989. The second-order valence-corrected chi connectivity index (χ2v) is 5.74. The van der Waals surface area contributed by atoms with Gasteiger partial charge in [-0.3, -0.25) is 0 Å². The molecular formula is C18H16ClN5O3. The van der Waals surface area contributed by atoms with Gasteiger partial charge in [-0.2, -0.15) is 10.1 Å². The third-order valence-electron chi connectivity index (χ3n) is 3.56. The summed E-state index contributed by atoms with van der Waals surface area (Å²) in [4.78, 5) is 16.0. The highest BCUT2D eigenvalue weighted by atomic mass is 35.5. The van der Waals surface area contributed by atoms with Gasteiger partial charge in [-0.1, -0.05) is 11.6 Å².